The van der Waals surface area contributed by atoms with Crippen LogP contribution in [0.4, 0.5) is 4.79 Å². The molecule has 0 fully saturated rings. The van der Waals surface area contributed by atoms with Gasteiger partial charge in [-0.2, -0.15) is 0 Å². The van der Waals surface area contributed by atoms with Gasteiger partial charge >= 0.3 is 12.1 Å². The molecule has 7 heteroatoms. The van der Waals surface area contributed by atoms with E-state index in [-0.39, 0.29) is 25.4 Å². The fourth-order valence-electron chi connectivity index (χ4n) is 3.04. The first-order valence-electron chi connectivity index (χ1n) is 9.24. The zero-order chi connectivity index (χ0) is 21.4. The molecule has 0 heterocycles. The minimum Gasteiger partial charge on any atom is -0.467 e. The lowest BCUT2D eigenvalue weighted by Crippen LogP contribution is -2.43. The van der Waals surface area contributed by atoms with Gasteiger partial charge in [-0.1, -0.05) is 30.3 Å². The summed E-state index contributed by atoms with van der Waals surface area (Å²) in [7, 11) is 1.26. The summed E-state index contributed by atoms with van der Waals surface area (Å²) in [5.74, 6) is -0.738. The van der Waals surface area contributed by atoms with E-state index in [0.717, 1.165) is 22.3 Å². The fourth-order valence-corrected chi connectivity index (χ4v) is 3.04. The van der Waals surface area contributed by atoms with E-state index in [0.29, 0.717) is 5.56 Å². The van der Waals surface area contributed by atoms with E-state index in [1.54, 1.807) is 12.1 Å². The Labute approximate surface area is 170 Å². The largest absolute Gasteiger partial charge is 0.467 e. The van der Waals surface area contributed by atoms with Crippen LogP contribution >= 0.6 is 0 Å². The molecule has 154 valence electrons. The van der Waals surface area contributed by atoms with Crippen molar-refractivity contribution in [1.82, 2.24) is 5.32 Å². The zero-order valence-electron chi connectivity index (χ0n) is 16.9. The molecule has 0 aliphatic heterocycles. The predicted molar refractivity (Wildman–Crippen MR) is 109 cm³/mol. The second kappa shape index (κ2) is 10.4. The first-order valence-corrected chi connectivity index (χ1v) is 9.24. The van der Waals surface area contributed by atoms with Crippen molar-refractivity contribution < 1.29 is 23.9 Å². The van der Waals surface area contributed by atoms with Crippen LogP contribution in [0.1, 0.15) is 32.6 Å². The van der Waals surface area contributed by atoms with E-state index in [4.69, 9.17) is 15.2 Å². The number of rotatable bonds is 8. The maximum absolute atomic E-state index is 12.2. The number of hydrogen-bond donors (Lipinski definition) is 2. The van der Waals surface area contributed by atoms with Crippen molar-refractivity contribution in [2.75, 3.05) is 13.7 Å². The van der Waals surface area contributed by atoms with Crippen molar-refractivity contribution in [3.8, 4) is 0 Å². The highest BCUT2D eigenvalue weighted by Gasteiger charge is 2.24. The Morgan fingerprint density at radius 2 is 1.69 bits per heavy atom. The van der Waals surface area contributed by atoms with Gasteiger partial charge in [-0.05, 0) is 48.2 Å². The summed E-state index contributed by atoms with van der Waals surface area (Å²) in [5.41, 5.74) is 9.30. The van der Waals surface area contributed by atoms with E-state index in [1.165, 1.54) is 7.11 Å². The Hall–Kier alpha value is -3.19. The number of benzene rings is 2. The molecule has 2 aromatic carbocycles. The number of ether oxygens (including phenoxy) is 2. The summed E-state index contributed by atoms with van der Waals surface area (Å²) in [4.78, 5) is 36.3. The lowest BCUT2D eigenvalue weighted by molar-refractivity contribution is -0.143. The van der Waals surface area contributed by atoms with E-state index < -0.39 is 18.1 Å². The first kappa shape index (κ1) is 22.1. The average Bonchev–Trinajstić information content (AvgIpc) is 2.73. The Morgan fingerprint density at radius 3 is 2.24 bits per heavy atom. The van der Waals surface area contributed by atoms with Gasteiger partial charge in [0.15, 0.2) is 5.78 Å². The van der Waals surface area contributed by atoms with Crippen LogP contribution in [0.25, 0.3) is 0 Å². The fraction of sp³-hybridized carbons (Fsp3) is 0.318. The average molecular weight is 398 g/mol. The quantitative estimate of drug-likeness (QED) is 0.522. The van der Waals surface area contributed by atoms with Gasteiger partial charge in [0.05, 0.1) is 13.7 Å². The summed E-state index contributed by atoms with van der Waals surface area (Å²) in [6.45, 7) is 3.71. The lowest BCUT2D eigenvalue weighted by Gasteiger charge is -2.19. The number of amides is 1. The number of nitrogens with two attached hydrogens (primary N) is 1. The number of Topliss-reactive ketones (excluding diaryl/α,β-unsaturated/α-hetero) is 1. The summed E-state index contributed by atoms with van der Waals surface area (Å²) in [6, 6.07) is 11.8. The number of carbonyl (C=O) groups is 3. The molecule has 1 unspecified atom stereocenters. The molecule has 0 saturated heterocycles. The molecular formula is C22H26N2O5. The van der Waals surface area contributed by atoms with E-state index in [9.17, 15) is 14.4 Å². The smallest absolute Gasteiger partial charge is 0.408 e. The van der Waals surface area contributed by atoms with Crippen LogP contribution in [0.3, 0.4) is 0 Å². The minimum atomic E-state index is -0.920. The van der Waals surface area contributed by atoms with Gasteiger partial charge in [-0.3, -0.25) is 4.79 Å². The van der Waals surface area contributed by atoms with E-state index in [2.05, 4.69) is 5.32 Å². The molecule has 2 aromatic rings. The Balaban J connectivity index is 2.11. The number of hydrogen-bond acceptors (Lipinski definition) is 6. The predicted octanol–water partition coefficient (Wildman–Crippen LogP) is 2.46. The highest BCUT2D eigenvalue weighted by molar-refractivity contribution is 5.98. The van der Waals surface area contributed by atoms with Crippen LogP contribution < -0.4 is 11.1 Å². The van der Waals surface area contributed by atoms with Crippen molar-refractivity contribution in [2.24, 2.45) is 5.73 Å². The summed E-state index contributed by atoms with van der Waals surface area (Å²) < 4.78 is 10.0. The molecule has 29 heavy (non-hydrogen) atoms. The van der Waals surface area contributed by atoms with Crippen molar-refractivity contribution >= 4 is 17.8 Å². The monoisotopic (exact) mass is 398 g/mol. The van der Waals surface area contributed by atoms with Crippen molar-refractivity contribution in [3.63, 3.8) is 0 Å². The number of aryl methyl sites for hydroxylation is 2. The molecule has 0 spiro atoms. The highest BCUT2D eigenvalue weighted by Crippen LogP contribution is 2.19. The molecule has 1 atom stereocenters. The number of ketones is 1. The molecule has 0 bridgehead atoms. The molecule has 0 aliphatic rings. The number of methoxy groups -OCH3 is 1. The number of esters is 1. The van der Waals surface area contributed by atoms with Crippen molar-refractivity contribution in [2.45, 2.75) is 32.9 Å². The number of carbonyl (C=O) groups excluding carboxylic acids is 3. The van der Waals surface area contributed by atoms with Gasteiger partial charge < -0.3 is 20.5 Å². The Morgan fingerprint density at radius 1 is 1.07 bits per heavy atom. The standard InChI is InChI=1S/C22H26N2O5/c1-14-9-17(20(25)12-23)10-15(2)18(14)11-19(21(26)28-3)24-22(27)29-13-16-7-5-4-6-8-16/h4-10,19H,11-13,23H2,1-3H3,(H,24,27). The third-order valence-electron chi connectivity index (χ3n) is 4.60. The van der Waals surface area contributed by atoms with Crippen molar-refractivity contribution in [3.05, 3.63) is 70.3 Å². The van der Waals surface area contributed by atoms with Crippen LogP contribution in [0.5, 0.6) is 0 Å². The normalized spacial score (nSPS) is 11.4. The topological polar surface area (TPSA) is 108 Å². The van der Waals surface area contributed by atoms with Crippen LogP contribution in [-0.4, -0.2) is 37.5 Å². The maximum Gasteiger partial charge on any atom is 0.408 e. The molecule has 0 saturated carbocycles. The van der Waals surface area contributed by atoms with Gasteiger partial charge in [-0.15, -0.1) is 0 Å². The molecule has 2 rings (SSSR count). The molecule has 0 aliphatic carbocycles. The number of nitrogens with one attached hydrogen (secondary N) is 1. The second-order valence-corrected chi connectivity index (χ2v) is 6.70. The zero-order valence-corrected chi connectivity index (χ0v) is 16.9. The van der Waals surface area contributed by atoms with Gasteiger partial charge in [0.25, 0.3) is 0 Å². The van der Waals surface area contributed by atoms with Crippen LogP contribution in [0, 0.1) is 13.8 Å². The summed E-state index contributed by atoms with van der Waals surface area (Å²) in [6.07, 6.45) is -0.503. The van der Waals surface area contributed by atoms with Crippen LogP contribution in [-0.2, 0) is 27.3 Å². The number of alkyl carbamates (subject to hydrolysis) is 1. The Bertz CT molecular complexity index is 857. The molecule has 3 N–H and O–H groups in total. The third-order valence-corrected chi connectivity index (χ3v) is 4.60. The van der Waals surface area contributed by atoms with E-state index in [1.807, 2.05) is 44.2 Å². The SMILES string of the molecule is COC(=O)C(Cc1c(C)cc(C(=O)CN)cc1C)NC(=O)OCc1ccccc1. The molecule has 0 radical (unpaired) electrons. The molecule has 0 aromatic heterocycles. The lowest BCUT2D eigenvalue weighted by atomic mass is 9.93. The van der Waals surface area contributed by atoms with Gasteiger partial charge in [-0.25, -0.2) is 9.59 Å². The highest BCUT2D eigenvalue weighted by atomic mass is 16.6. The van der Waals surface area contributed by atoms with Gasteiger partial charge in [0.2, 0.25) is 0 Å². The summed E-state index contributed by atoms with van der Waals surface area (Å²) >= 11 is 0. The molecular weight excluding hydrogens is 372 g/mol. The second-order valence-electron chi connectivity index (χ2n) is 6.70. The first-order chi connectivity index (χ1) is 13.8. The minimum absolute atomic E-state index is 0.0716. The molecule has 7 nitrogen and oxygen atoms in total. The maximum atomic E-state index is 12.2. The van der Waals surface area contributed by atoms with E-state index >= 15 is 0 Å². The van der Waals surface area contributed by atoms with Crippen LogP contribution in [0.15, 0.2) is 42.5 Å². The third kappa shape index (κ3) is 6.15. The summed E-state index contributed by atoms with van der Waals surface area (Å²) in [5, 5.41) is 2.57. The van der Waals surface area contributed by atoms with Crippen LogP contribution in [0.2, 0.25) is 0 Å². The van der Waals surface area contributed by atoms with Gasteiger partial charge in [0, 0.05) is 12.0 Å². The Kier molecular flexibility index (Phi) is 7.91. The van der Waals surface area contributed by atoms with Crippen molar-refractivity contribution in [1.29, 1.82) is 0 Å². The van der Waals surface area contributed by atoms with Gasteiger partial charge in [0.1, 0.15) is 12.6 Å². The molecule has 1 amide bonds.